The lowest BCUT2D eigenvalue weighted by Gasteiger charge is -2.33. The van der Waals surface area contributed by atoms with E-state index in [1.54, 1.807) is 32.0 Å². The summed E-state index contributed by atoms with van der Waals surface area (Å²) in [5.41, 5.74) is -0.284. The Morgan fingerprint density at radius 1 is 1.07 bits per heavy atom. The predicted octanol–water partition coefficient (Wildman–Crippen LogP) is 5.61. The highest BCUT2D eigenvalue weighted by Crippen LogP contribution is 2.45. The van der Waals surface area contributed by atoms with Crippen molar-refractivity contribution < 1.29 is 23.0 Å². The normalized spacial score (nSPS) is 15.5. The maximum Gasteiger partial charge on any atom is 0.413 e. The minimum atomic E-state index is -1.22. The standard InChI is InChI=1S/C22H23F2NO3/c1-21(2,3)25-20(26)27-15-10-11-16-17(12-15)28-22(4,5)19(24)18(16)13-6-8-14(23)9-7-13/h6-12H,1-5H3,(H,25,26). The average molecular weight is 387 g/mol. The van der Waals surface area contributed by atoms with Crippen molar-refractivity contribution in [3.63, 3.8) is 0 Å². The molecule has 0 aliphatic carbocycles. The molecule has 1 aliphatic rings. The molecule has 28 heavy (non-hydrogen) atoms. The Morgan fingerprint density at radius 3 is 2.32 bits per heavy atom. The molecule has 0 saturated carbocycles. The van der Waals surface area contributed by atoms with Crippen LogP contribution in [0.3, 0.4) is 0 Å². The van der Waals surface area contributed by atoms with Gasteiger partial charge >= 0.3 is 6.09 Å². The second-order valence-corrected chi connectivity index (χ2v) is 8.23. The van der Waals surface area contributed by atoms with Gasteiger partial charge in [0, 0.05) is 22.7 Å². The van der Waals surface area contributed by atoms with Gasteiger partial charge in [-0.2, -0.15) is 0 Å². The number of hydrogen-bond donors (Lipinski definition) is 1. The lowest BCUT2D eigenvalue weighted by atomic mass is 9.89. The van der Waals surface area contributed by atoms with E-state index in [0.717, 1.165) is 0 Å². The molecule has 1 N–H and O–H groups in total. The van der Waals surface area contributed by atoms with Gasteiger partial charge in [-0.1, -0.05) is 12.1 Å². The molecule has 4 nitrogen and oxygen atoms in total. The van der Waals surface area contributed by atoms with Crippen LogP contribution in [0, 0.1) is 5.82 Å². The van der Waals surface area contributed by atoms with Crippen molar-refractivity contribution >= 4 is 11.7 Å². The number of ether oxygens (including phenoxy) is 2. The summed E-state index contributed by atoms with van der Waals surface area (Å²) in [6.45, 7) is 8.74. The van der Waals surface area contributed by atoms with Crippen LogP contribution >= 0.6 is 0 Å². The first-order valence-corrected chi connectivity index (χ1v) is 8.96. The second kappa shape index (κ2) is 6.93. The zero-order valence-corrected chi connectivity index (χ0v) is 16.5. The molecule has 0 bridgehead atoms. The van der Waals surface area contributed by atoms with Crippen LogP contribution in [0.5, 0.6) is 11.5 Å². The van der Waals surface area contributed by atoms with Crippen LogP contribution in [0.1, 0.15) is 45.7 Å². The SMILES string of the molecule is CC(C)(C)NC(=O)Oc1ccc2c(c1)OC(C)(C)C(F)=C2c1ccc(F)cc1. The summed E-state index contributed by atoms with van der Waals surface area (Å²) in [5.74, 6) is -0.195. The minimum Gasteiger partial charge on any atom is -0.480 e. The fraction of sp³-hybridized carbons (Fsp3) is 0.318. The van der Waals surface area contributed by atoms with E-state index in [1.807, 2.05) is 20.8 Å². The Kier molecular flexibility index (Phi) is 4.91. The molecule has 0 saturated heterocycles. The molecule has 3 rings (SSSR count). The molecular weight excluding hydrogens is 364 g/mol. The van der Waals surface area contributed by atoms with Crippen LogP contribution in [0.4, 0.5) is 13.6 Å². The summed E-state index contributed by atoms with van der Waals surface area (Å²) in [4.78, 5) is 12.0. The number of benzene rings is 2. The third kappa shape index (κ3) is 4.16. The fourth-order valence-electron chi connectivity index (χ4n) is 2.93. The van der Waals surface area contributed by atoms with Crippen molar-refractivity contribution in [1.29, 1.82) is 0 Å². The summed E-state index contributed by atoms with van der Waals surface area (Å²) in [7, 11) is 0. The van der Waals surface area contributed by atoms with E-state index in [4.69, 9.17) is 9.47 Å². The molecule has 2 aromatic rings. The van der Waals surface area contributed by atoms with Gasteiger partial charge in [0.15, 0.2) is 11.4 Å². The molecule has 1 heterocycles. The number of halogens is 2. The summed E-state index contributed by atoms with van der Waals surface area (Å²) in [6, 6.07) is 10.4. The van der Waals surface area contributed by atoms with Crippen molar-refractivity contribution in [1.82, 2.24) is 5.32 Å². The Morgan fingerprint density at radius 2 is 1.71 bits per heavy atom. The Bertz CT molecular complexity index is 941. The fourth-order valence-corrected chi connectivity index (χ4v) is 2.93. The first kappa shape index (κ1) is 19.9. The maximum atomic E-state index is 15.2. The third-order valence-corrected chi connectivity index (χ3v) is 4.16. The van der Waals surface area contributed by atoms with E-state index in [2.05, 4.69) is 5.32 Å². The Labute approximate surface area is 163 Å². The molecular formula is C22H23F2NO3. The van der Waals surface area contributed by atoms with Crippen molar-refractivity contribution in [3.05, 3.63) is 65.2 Å². The topological polar surface area (TPSA) is 47.6 Å². The van der Waals surface area contributed by atoms with Crippen molar-refractivity contribution in [3.8, 4) is 11.5 Å². The number of carbonyl (C=O) groups is 1. The number of carbonyl (C=O) groups excluding carboxylic acids is 1. The van der Waals surface area contributed by atoms with Gasteiger partial charge in [0.25, 0.3) is 0 Å². The first-order chi connectivity index (χ1) is 13.0. The average Bonchev–Trinajstić information content (AvgIpc) is 2.55. The largest absolute Gasteiger partial charge is 0.480 e. The van der Waals surface area contributed by atoms with E-state index < -0.39 is 28.9 Å². The van der Waals surface area contributed by atoms with Crippen molar-refractivity contribution in [2.45, 2.75) is 45.8 Å². The maximum absolute atomic E-state index is 15.2. The minimum absolute atomic E-state index is 0.275. The quantitative estimate of drug-likeness (QED) is 0.728. The summed E-state index contributed by atoms with van der Waals surface area (Å²) < 4.78 is 39.6. The Hall–Kier alpha value is -2.89. The van der Waals surface area contributed by atoms with Crippen molar-refractivity contribution in [2.24, 2.45) is 0 Å². The molecule has 6 heteroatoms. The molecule has 1 aliphatic heterocycles. The highest BCUT2D eigenvalue weighted by Gasteiger charge is 2.36. The van der Waals surface area contributed by atoms with Crippen LogP contribution < -0.4 is 14.8 Å². The van der Waals surface area contributed by atoms with Crippen LogP contribution in [-0.2, 0) is 0 Å². The van der Waals surface area contributed by atoms with E-state index in [1.165, 1.54) is 24.3 Å². The highest BCUT2D eigenvalue weighted by molar-refractivity contribution is 5.86. The zero-order chi connectivity index (χ0) is 20.7. The van der Waals surface area contributed by atoms with E-state index in [9.17, 15) is 9.18 Å². The van der Waals surface area contributed by atoms with Gasteiger partial charge in [-0.25, -0.2) is 13.6 Å². The molecule has 0 unspecified atom stereocenters. The van der Waals surface area contributed by atoms with Crippen LogP contribution in [0.15, 0.2) is 48.3 Å². The molecule has 0 radical (unpaired) electrons. The lowest BCUT2D eigenvalue weighted by molar-refractivity contribution is 0.117. The second-order valence-electron chi connectivity index (χ2n) is 8.23. The van der Waals surface area contributed by atoms with Crippen LogP contribution in [-0.4, -0.2) is 17.2 Å². The molecule has 2 aromatic carbocycles. The van der Waals surface area contributed by atoms with Gasteiger partial charge in [-0.3, -0.25) is 0 Å². The van der Waals surface area contributed by atoms with Crippen molar-refractivity contribution in [2.75, 3.05) is 0 Å². The molecule has 0 aromatic heterocycles. The van der Waals surface area contributed by atoms with Gasteiger partial charge in [-0.05, 0) is 64.4 Å². The zero-order valence-electron chi connectivity index (χ0n) is 16.5. The molecule has 0 fully saturated rings. The van der Waals surface area contributed by atoms with Gasteiger partial charge < -0.3 is 14.8 Å². The number of rotatable bonds is 2. The lowest BCUT2D eigenvalue weighted by Crippen LogP contribution is -2.42. The summed E-state index contributed by atoms with van der Waals surface area (Å²) >= 11 is 0. The predicted molar refractivity (Wildman–Crippen MR) is 104 cm³/mol. The first-order valence-electron chi connectivity index (χ1n) is 8.96. The third-order valence-electron chi connectivity index (χ3n) is 4.16. The van der Waals surface area contributed by atoms with Gasteiger partial charge in [-0.15, -0.1) is 0 Å². The smallest absolute Gasteiger partial charge is 0.413 e. The molecule has 0 spiro atoms. The number of nitrogens with one attached hydrogen (secondary N) is 1. The monoisotopic (exact) mass is 387 g/mol. The highest BCUT2D eigenvalue weighted by atomic mass is 19.1. The van der Waals surface area contributed by atoms with Crippen LogP contribution in [0.25, 0.3) is 5.57 Å². The van der Waals surface area contributed by atoms with E-state index in [0.29, 0.717) is 22.4 Å². The molecule has 1 amide bonds. The summed E-state index contributed by atoms with van der Waals surface area (Å²) in [6.07, 6.45) is -0.594. The van der Waals surface area contributed by atoms with Crippen LogP contribution in [0.2, 0.25) is 0 Å². The number of hydrogen-bond acceptors (Lipinski definition) is 3. The number of fused-ring (bicyclic) bond motifs is 1. The van der Waals surface area contributed by atoms with Gasteiger partial charge in [0.05, 0.1) is 0 Å². The summed E-state index contributed by atoms with van der Waals surface area (Å²) in [5, 5.41) is 2.70. The Balaban J connectivity index is 2.00. The van der Waals surface area contributed by atoms with Gasteiger partial charge in [0.1, 0.15) is 17.3 Å². The van der Waals surface area contributed by atoms with E-state index in [-0.39, 0.29) is 5.75 Å². The molecule has 148 valence electrons. The molecule has 0 atom stereocenters. The van der Waals surface area contributed by atoms with Gasteiger partial charge in [0.2, 0.25) is 0 Å². The van der Waals surface area contributed by atoms with E-state index >= 15 is 4.39 Å². The number of amides is 1.